The number of esters is 1. The number of aliphatic carboxylic acids is 1. The van der Waals surface area contributed by atoms with Gasteiger partial charge in [-0.25, -0.2) is 0 Å². The lowest BCUT2D eigenvalue weighted by Gasteiger charge is -2.27. The highest BCUT2D eigenvalue weighted by Crippen LogP contribution is 2.34. The maximum atomic E-state index is 13.4. The Hall–Kier alpha value is -3.41. The van der Waals surface area contributed by atoms with Crippen LogP contribution in [0.15, 0.2) is 53.4 Å². The summed E-state index contributed by atoms with van der Waals surface area (Å²) in [6, 6.07) is 12.7. The van der Waals surface area contributed by atoms with E-state index in [1.54, 1.807) is 43.3 Å². The summed E-state index contributed by atoms with van der Waals surface area (Å²) in [5, 5.41) is 12.6. The number of hydrogen-bond donors (Lipinski definition) is 2. The second-order valence-electron chi connectivity index (χ2n) is 10.7. The van der Waals surface area contributed by atoms with E-state index in [1.807, 2.05) is 12.1 Å². The van der Waals surface area contributed by atoms with Crippen LogP contribution < -0.4 is 10.2 Å². The van der Waals surface area contributed by atoms with Gasteiger partial charge in [-0.05, 0) is 44.0 Å². The first-order valence-electron chi connectivity index (χ1n) is 14.9. The number of fused-ring (bicyclic) bond motifs is 2. The van der Waals surface area contributed by atoms with Gasteiger partial charge < -0.3 is 9.84 Å². The number of benzene rings is 2. The molecular weight excluding hydrogens is 606 g/mol. The van der Waals surface area contributed by atoms with Gasteiger partial charge in [0.15, 0.2) is 0 Å². The van der Waals surface area contributed by atoms with Crippen molar-refractivity contribution in [1.82, 2.24) is 10.2 Å². The normalized spacial score (nSPS) is 16.6. The second kappa shape index (κ2) is 17.2. The monoisotopic (exact) mass is 645 g/mol. The van der Waals surface area contributed by atoms with Crippen molar-refractivity contribution in [2.45, 2.75) is 75.3 Å². The number of anilines is 1. The van der Waals surface area contributed by atoms with E-state index in [0.717, 1.165) is 49.8 Å². The number of unbranched alkanes of at least 4 members (excludes halogenated alkanes) is 6. The van der Waals surface area contributed by atoms with Crippen LogP contribution in [-0.2, 0) is 19.1 Å². The zero-order chi connectivity index (χ0) is 30.8. The van der Waals surface area contributed by atoms with Crippen molar-refractivity contribution in [2.75, 3.05) is 30.3 Å². The molecule has 2 aliphatic heterocycles. The molecular formula is C32H40ClN3O7S. The van der Waals surface area contributed by atoms with Crippen LogP contribution in [0.5, 0.6) is 0 Å². The van der Waals surface area contributed by atoms with E-state index in [9.17, 15) is 29.1 Å². The van der Waals surface area contributed by atoms with Crippen molar-refractivity contribution in [1.29, 1.82) is 0 Å². The number of rotatable bonds is 16. The number of carbonyl (C=O) groups excluding carboxylic acids is 4. The lowest BCUT2D eigenvalue weighted by Crippen LogP contribution is -2.54. The molecule has 0 saturated carbocycles. The minimum Gasteiger partial charge on any atom is -0.480 e. The number of nitrogens with one attached hydrogen (secondary N) is 1. The Bertz CT molecular complexity index is 1310. The van der Waals surface area contributed by atoms with Crippen molar-refractivity contribution in [3.8, 4) is 0 Å². The number of carbonyl (C=O) groups is 5. The summed E-state index contributed by atoms with van der Waals surface area (Å²) in [7, 11) is 0. The quantitative estimate of drug-likeness (QED) is 0.148. The summed E-state index contributed by atoms with van der Waals surface area (Å²) < 4.78 is 5.29. The maximum absolute atomic E-state index is 13.4. The molecule has 0 aromatic heterocycles. The van der Waals surface area contributed by atoms with E-state index in [1.165, 1.54) is 21.6 Å². The molecule has 4 rings (SSSR count). The van der Waals surface area contributed by atoms with Gasteiger partial charge in [0.2, 0.25) is 5.91 Å². The average molecular weight is 646 g/mol. The highest BCUT2D eigenvalue weighted by Gasteiger charge is 2.36. The van der Waals surface area contributed by atoms with Crippen molar-refractivity contribution in [3.05, 3.63) is 59.7 Å². The summed E-state index contributed by atoms with van der Waals surface area (Å²) >= 11 is 1.46. The number of halogens is 1. The van der Waals surface area contributed by atoms with Crippen LogP contribution in [0.4, 0.5) is 5.69 Å². The average Bonchev–Trinajstić information content (AvgIpc) is 3.16. The summed E-state index contributed by atoms with van der Waals surface area (Å²) in [6.07, 6.45) is 6.80. The molecule has 0 unspecified atom stereocenters. The smallest absolute Gasteiger partial charge is 0.323 e. The van der Waals surface area contributed by atoms with E-state index in [-0.39, 0.29) is 36.7 Å². The van der Waals surface area contributed by atoms with Crippen LogP contribution in [0, 0.1) is 0 Å². The largest absolute Gasteiger partial charge is 0.480 e. The molecule has 2 aliphatic rings. The lowest BCUT2D eigenvalue weighted by molar-refractivity contribution is -0.146. The number of hydrogen-bond acceptors (Lipinski definition) is 8. The number of para-hydroxylation sites is 1. The molecule has 0 bridgehead atoms. The third kappa shape index (κ3) is 8.83. The van der Waals surface area contributed by atoms with E-state index >= 15 is 0 Å². The SMILES string of the molecule is CCOC(=O)[C@H](CCCCCCCCCN1C(=O)c2ccccc2C1=O)N[C@H]1CSc2ccccc2N(CC(=O)O)C1=O.Cl. The van der Waals surface area contributed by atoms with Gasteiger partial charge >= 0.3 is 11.9 Å². The van der Waals surface area contributed by atoms with Crippen molar-refractivity contribution < 1.29 is 33.8 Å². The molecule has 0 aliphatic carbocycles. The van der Waals surface area contributed by atoms with E-state index in [4.69, 9.17) is 4.74 Å². The highest BCUT2D eigenvalue weighted by atomic mass is 35.5. The molecule has 0 fully saturated rings. The maximum Gasteiger partial charge on any atom is 0.323 e. The van der Waals surface area contributed by atoms with Gasteiger partial charge in [-0.3, -0.25) is 39.1 Å². The topological polar surface area (TPSA) is 133 Å². The molecule has 2 heterocycles. The van der Waals surface area contributed by atoms with Crippen LogP contribution in [0.3, 0.4) is 0 Å². The van der Waals surface area contributed by atoms with Gasteiger partial charge in [0.1, 0.15) is 12.6 Å². The second-order valence-corrected chi connectivity index (χ2v) is 11.8. The number of carboxylic acids is 1. The van der Waals surface area contributed by atoms with Crippen LogP contribution in [0.2, 0.25) is 0 Å². The Morgan fingerprint density at radius 2 is 1.50 bits per heavy atom. The fourth-order valence-corrected chi connectivity index (χ4v) is 6.56. The first-order valence-corrected chi connectivity index (χ1v) is 15.9. The first kappa shape index (κ1) is 35.1. The van der Waals surface area contributed by atoms with E-state index in [2.05, 4.69) is 5.32 Å². The van der Waals surface area contributed by atoms with Crippen molar-refractivity contribution in [2.24, 2.45) is 0 Å². The number of thioether (sulfide) groups is 1. The molecule has 238 valence electrons. The van der Waals surface area contributed by atoms with Gasteiger partial charge in [0, 0.05) is 17.2 Å². The fraction of sp³-hybridized carbons (Fsp3) is 0.469. The van der Waals surface area contributed by atoms with E-state index in [0.29, 0.717) is 35.5 Å². The Balaban J connectivity index is 0.00000529. The lowest BCUT2D eigenvalue weighted by atomic mass is 10.0. The predicted octanol–water partition coefficient (Wildman–Crippen LogP) is 4.94. The van der Waals surface area contributed by atoms with Crippen LogP contribution >= 0.6 is 24.2 Å². The molecule has 0 radical (unpaired) electrons. The van der Waals surface area contributed by atoms with Gasteiger partial charge in [0.05, 0.1) is 29.5 Å². The molecule has 3 amide bonds. The van der Waals surface area contributed by atoms with E-state index < -0.39 is 30.6 Å². The molecule has 2 atom stereocenters. The molecule has 12 heteroatoms. The minimum atomic E-state index is -1.11. The van der Waals surface area contributed by atoms with Gasteiger partial charge in [-0.1, -0.05) is 62.8 Å². The zero-order valence-electron chi connectivity index (χ0n) is 24.9. The van der Waals surface area contributed by atoms with Gasteiger partial charge in [0.25, 0.3) is 11.8 Å². The number of amides is 3. The number of nitrogens with zero attached hydrogens (tertiary/aromatic N) is 2. The van der Waals surface area contributed by atoms with Gasteiger partial charge in [-0.2, -0.15) is 0 Å². The minimum absolute atomic E-state index is 0. The Morgan fingerprint density at radius 3 is 2.14 bits per heavy atom. The summed E-state index contributed by atoms with van der Waals surface area (Å²) in [6.45, 7) is 1.92. The van der Waals surface area contributed by atoms with Crippen molar-refractivity contribution >= 4 is 59.5 Å². The molecule has 44 heavy (non-hydrogen) atoms. The molecule has 0 saturated heterocycles. The molecule has 2 aromatic rings. The highest BCUT2D eigenvalue weighted by molar-refractivity contribution is 7.99. The number of carboxylic acid groups (broad SMARTS) is 1. The summed E-state index contributed by atoms with van der Waals surface area (Å²) in [5.74, 6) is -1.97. The summed E-state index contributed by atoms with van der Waals surface area (Å²) in [4.78, 5) is 66.2. The predicted molar refractivity (Wildman–Crippen MR) is 170 cm³/mol. The number of imide groups is 1. The summed E-state index contributed by atoms with van der Waals surface area (Å²) in [5.41, 5.74) is 1.52. The third-order valence-electron chi connectivity index (χ3n) is 7.65. The Kier molecular flexibility index (Phi) is 13.7. The molecule has 0 spiro atoms. The van der Waals surface area contributed by atoms with Crippen LogP contribution in [-0.4, -0.2) is 77.2 Å². The molecule has 2 aromatic carbocycles. The van der Waals surface area contributed by atoms with Crippen molar-refractivity contribution in [3.63, 3.8) is 0 Å². The fourth-order valence-electron chi connectivity index (χ4n) is 5.47. The first-order chi connectivity index (χ1) is 20.8. The standard InChI is InChI=1S/C32H39N3O7S.ClH/c1-2-42-32(41)24(33-25-21-43-27-18-12-11-17-26(27)35(31(25)40)20-28(36)37)16-8-6-4-3-5-7-13-19-34-29(38)22-14-9-10-15-23(22)30(34)39;/h9-12,14-15,17-18,24-25,33H,2-8,13,16,19-21H2,1H3,(H,36,37);1H/t24-,25-;/m0./s1. The Labute approximate surface area is 268 Å². The van der Waals surface area contributed by atoms with Crippen LogP contribution in [0.25, 0.3) is 0 Å². The molecule has 2 N–H and O–H groups in total. The Morgan fingerprint density at radius 1 is 0.909 bits per heavy atom. The van der Waals surface area contributed by atoms with Crippen LogP contribution in [0.1, 0.15) is 79.0 Å². The third-order valence-corrected chi connectivity index (χ3v) is 8.80. The van der Waals surface area contributed by atoms with Gasteiger partial charge in [-0.15, -0.1) is 24.2 Å². The number of ether oxygens (including phenoxy) is 1. The zero-order valence-corrected chi connectivity index (χ0v) is 26.5. The molecule has 10 nitrogen and oxygen atoms in total.